The van der Waals surface area contributed by atoms with E-state index in [2.05, 4.69) is 10.1 Å². The summed E-state index contributed by atoms with van der Waals surface area (Å²) >= 11 is 0. The van der Waals surface area contributed by atoms with E-state index in [1.807, 2.05) is 0 Å². The first-order valence-electron chi connectivity index (χ1n) is 5.86. The van der Waals surface area contributed by atoms with Crippen LogP contribution in [0.1, 0.15) is 46.5 Å². The van der Waals surface area contributed by atoms with Gasteiger partial charge in [-0.2, -0.15) is 4.98 Å². The molecule has 0 aromatic carbocycles. The minimum atomic E-state index is -0.941. The van der Waals surface area contributed by atoms with Crippen molar-refractivity contribution in [2.24, 2.45) is 0 Å². The maximum Gasteiger partial charge on any atom is 0.352 e. The van der Waals surface area contributed by atoms with Crippen LogP contribution < -0.4 is 0 Å². The van der Waals surface area contributed by atoms with Gasteiger partial charge in [0.05, 0.1) is 6.54 Å². The van der Waals surface area contributed by atoms with E-state index >= 15 is 0 Å². The number of rotatable bonds is 4. The second-order valence-electron chi connectivity index (χ2n) is 4.60. The molecule has 1 fully saturated rings. The molecule has 2 aromatic rings. The van der Waals surface area contributed by atoms with Crippen LogP contribution in [0, 0.1) is 6.92 Å². The van der Waals surface area contributed by atoms with Gasteiger partial charge in [-0.05, 0) is 31.4 Å². The Bertz CT molecular complexity index is 595. The molecule has 1 aliphatic carbocycles. The van der Waals surface area contributed by atoms with E-state index in [4.69, 9.17) is 9.63 Å². The molecular weight excluding hydrogens is 234 g/mol. The molecule has 1 N–H and O–H groups in total. The van der Waals surface area contributed by atoms with E-state index in [1.165, 1.54) is 0 Å². The highest BCUT2D eigenvalue weighted by Gasteiger charge is 2.29. The molecule has 0 amide bonds. The monoisotopic (exact) mass is 247 g/mol. The highest BCUT2D eigenvalue weighted by molar-refractivity contribution is 5.87. The Kier molecular flexibility index (Phi) is 2.43. The predicted octanol–water partition coefficient (Wildman–Crippen LogP) is 1.80. The highest BCUT2D eigenvalue weighted by atomic mass is 16.5. The lowest BCUT2D eigenvalue weighted by molar-refractivity contribution is 0.0684. The van der Waals surface area contributed by atoms with E-state index in [0.717, 1.165) is 18.4 Å². The standard InChI is InChI=1S/C12H13N3O3/c1-7-4-5-15(10(7)12(16)17)6-9-13-11(18-14-9)8-2-3-8/h4-5,8H,2-3,6H2,1H3,(H,16,17). The molecule has 0 radical (unpaired) electrons. The van der Waals surface area contributed by atoms with Crippen molar-refractivity contribution < 1.29 is 14.4 Å². The van der Waals surface area contributed by atoms with Gasteiger partial charge in [-0.1, -0.05) is 5.16 Å². The molecular formula is C12H13N3O3. The Morgan fingerprint density at radius 3 is 3.06 bits per heavy atom. The molecule has 2 heterocycles. The van der Waals surface area contributed by atoms with Gasteiger partial charge in [-0.25, -0.2) is 4.79 Å². The van der Waals surface area contributed by atoms with Gasteiger partial charge in [-0.3, -0.25) is 0 Å². The van der Waals surface area contributed by atoms with Gasteiger partial charge in [0.1, 0.15) is 5.69 Å². The summed E-state index contributed by atoms with van der Waals surface area (Å²) < 4.78 is 6.77. The third-order valence-electron chi connectivity index (χ3n) is 3.09. The van der Waals surface area contributed by atoms with Crippen molar-refractivity contribution in [2.45, 2.75) is 32.2 Å². The molecule has 1 aliphatic rings. The summed E-state index contributed by atoms with van der Waals surface area (Å²) in [5.74, 6) is 0.667. The molecule has 6 nitrogen and oxygen atoms in total. The minimum Gasteiger partial charge on any atom is -0.477 e. The lowest BCUT2D eigenvalue weighted by Crippen LogP contribution is -2.10. The average Bonchev–Trinajstić information content (AvgIpc) is 2.96. The van der Waals surface area contributed by atoms with Crippen LogP contribution in [-0.4, -0.2) is 25.8 Å². The quantitative estimate of drug-likeness (QED) is 0.890. The fourth-order valence-electron chi connectivity index (χ4n) is 1.99. The molecule has 0 aliphatic heterocycles. The molecule has 0 saturated heterocycles. The van der Waals surface area contributed by atoms with Crippen LogP contribution in [0.3, 0.4) is 0 Å². The van der Waals surface area contributed by atoms with E-state index in [9.17, 15) is 4.79 Å². The maximum absolute atomic E-state index is 11.1. The number of hydrogen-bond donors (Lipinski definition) is 1. The Balaban J connectivity index is 1.84. The highest BCUT2D eigenvalue weighted by Crippen LogP contribution is 2.38. The minimum absolute atomic E-state index is 0.271. The van der Waals surface area contributed by atoms with Crippen molar-refractivity contribution in [1.29, 1.82) is 0 Å². The van der Waals surface area contributed by atoms with E-state index < -0.39 is 5.97 Å². The van der Waals surface area contributed by atoms with Crippen LogP contribution in [0.15, 0.2) is 16.8 Å². The molecule has 0 unspecified atom stereocenters. The summed E-state index contributed by atoms with van der Waals surface area (Å²) in [6.45, 7) is 2.09. The first-order valence-corrected chi connectivity index (χ1v) is 5.86. The van der Waals surface area contributed by atoms with Crippen LogP contribution in [0.2, 0.25) is 0 Å². The fraction of sp³-hybridized carbons (Fsp3) is 0.417. The maximum atomic E-state index is 11.1. The van der Waals surface area contributed by atoms with Crippen LogP contribution in [0.25, 0.3) is 0 Å². The van der Waals surface area contributed by atoms with Crippen LogP contribution in [0.4, 0.5) is 0 Å². The van der Waals surface area contributed by atoms with E-state index in [-0.39, 0.29) is 5.69 Å². The molecule has 2 aromatic heterocycles. The summed E-state index contributed by atoms with van der Waals surface area (Å²) in [4.78, 5) is 15.4. The number of aryl methyl sites for hydroxylation is 1. The number of aromatic nitrogens is 3. The average molecular weight is 247 g/mol. The molecule has 0 atom stereocenters. The fourth-order valence-corrected chi connectivity index (χ4v) is 1.99. The Morgan fingerprint density at radius 2 is 2.39 bits per heavy atom. The summed E-state index contributed by atoms with van der Waals surface area (Å²) in [7, 11) is 0. The second-order valence-corrected chi connectivity index (χ2v) is 4.60. The molecule has 3 rings (SSSR count). The molecule has 18 heavy (non-hydrogen) atoms. The van der Waals surface area contributed by atoms with Crippen LogP contribution >= 0.6 is 0 Å². The number of nitrogens with zero attached hydrogens (tertiary/aromatic N) is 3. The molecule has 94 valence electrons. The Labute approximate surface area is 103 Å². The zero-order valence-corrected chi connectivity index (χ0v) is 9.96. The number of carbonyl (C=O) groups is 1. The van der Waals surface area contributed by atoms with Crippen molar-refractivity contribution in [1.82, 2.24) is 14.7 Å². The number of carboxylic acids is 1. The first-order chi connectivity index (χ1) is 8.65. The van der Waals surface area contributed by atoms with Gasteiger partial charge >= 0.3 is 5.97 Å². The molecule has 0 bridgehead atoms. The van der Waals surface area contributed by atoms with Crippen molar-refractivity contribution >= 4 is 5.97 Å². The summed E-state index contributed by atoms with van der Waals surface area (Å²) in [5, 5.41) is 13.0. The topological polar surface area (TPSA) is 81.2 Å². The summed E-state index contributed by atoms with van der Waals surface area (Å²) in [6.07, 6.45) is 3.93. The van der Waals surface area contributed by atoms with Crippen LogP contribution in [-0.2, 0) is 6.54 Å². The van der Waals surface area contributed by atoms with Gasteiger partial charge in [0.2, 0.25) is 5.89 Å². The van der Waals surface area contributed by atoms with Gasteiger partial charge in [0.15, 0.2) is 5.82 Å². The largest absolute Gasteiger partial charge is 0.477 e. The third-order valence-corrected chi connectivity index (χ3v) is 3.09. The molecule has 0 spiro atoms. The van der Waals surface area contributed by atoms with E-state index in [0.29, 0.717) is 24.2 Å². The Morgan fingerprint density at radius 1 is 1.61 bits per heavy atom. The Hall–Kier alpha value is -2.11. The first kappa shape index (κ1) is 11.0. The van der Waals surface area contributed by atoms with Crippen molar-refractivity contribution in [3.8, 4) is 0 Å². The second kappa shape index (κ2) is 3.97. The van der Waals surface area contributed by atoms with Crippen molar-refractivity contribution in [3.05, 3.63) is 35.2 Å². The third kappa shape index (κ3) is 1.90. The number of aromatic carboxylic acids is 1. The van der Waals surface area contributed by atoms with Gasteiger partial charge in [-0.15, -0.1) is 0 Å². The smallest absolute Gasteiger partial charge is 0.352 e. The SMILES string of the molecule is Cc1ccn(Cc2noc(C3CC3)n2)c1C(=O)O. The molecule has 6 heteroatoms. The van der Waals surface area contributed by atoms with Gasteiger partial charge < -0.3 is 14.2 Å². The lowest BCUT2D eigenvalue weighted by atomic mass is 10.3. The van der Waals surface area contributed by atoms with Crippen molar-refractivity contribution in [3.63, 3.8) is 0 Å². The number of carboxylic acid groups (broad SMARTS) is 1. The lowest BCUT2D eigenvalue weighted by Gasteiger charge is -2.03. The van der Waals surface area contributed by atoms with Gasteiger partial charge in [0.25, 0.3) is 0 Å². The normalized spacial score (nSPS) is 14.9. The van der Waals surface area contributed by atoms with Crippen molar-refractivity contribution in [2.75, 3.05) is 0 Å². The van der Waals surface area contributed by atoms with E-state index in [1.54, 1.807) is 23.8 Å². The summed E-state index contributed by atoms with van der Waals surface area (Å²) in [5.41, 5.74) is 1.00. The van der Waals surface area contributed by atoms with Gasteiger partial charge in [0, 0.05) is 12.1 Å². The van der Waals surface area contributed by atoms with Crippen LogP contribution in [0.5, 0.6) is 0 Å². The zero-order chi connectivity index (χ0) is 12.7. The molecule has 1 saturated carbocycles. The number of hydrogen-bond acceptors (Lipinski definition) is 4. The zero-order valence-electron chi connectivity index (χ0n) is 9.96. The predicted molar refractivity (Wildman–Crippen MR) is 61.5 cm³/mol. The summed E-state index contributed by atoms with van der Waals surface area (Å²) in [6, 6.07) is 1.77.